The van der Waals surface area contributed by atoms with Crippen molar-refractivity contribution in [2.45, 2.75) is 34.2 Å². The minimum atomic E-state index is -0.264. The Labute approximate surface area is 247 Å². The maximum atomic E-state index is 11.7. The maximum Gasteiger partial charge on any atom is 0.319 e. The van der Waals surface area contributed by atoms with E-state index in [-0.39, 0.29) is 112 Å². The van der Waals surface area contributed by atoms with Crippen molar-refractivity contribution < 1.29 is 108 Å². The Bertz CT molecular complexity index is 556. The fourth-order valence-electron chi connectivity index (χ4n) is 1.61. The number of hydrogen-bond donors (Lipinski definition) is 2. The van der Waals surface area contributed by atoms with E-state index in [0.717, 1.165) is 11.3 Å². The second-order valence-electron chi connectivity index (χ2n) is 4.04. The van der Waals surface area contributed by atoms with Crippen LogP contribution in [-0.4, -0.2) is 17.6 Å². The number of carbonyl (C=O) groups is 1. The molecule has 5 nitrogen and oxygen atoms in total. The number of urea groups is 1. The van der Waals surface area contributed by atoms with Crippen molar-refractivity contribution in [1.29, 1.82) is 0 Å². The third-order valence-corrected chi connectivity index (χ3v) is 2.56. The summed E-state index contributed by atoms with van der Waals surface area (Å²) in [6, 6.07) is 10.6. The Balaban J connectivity index is -0.000000207. The number of anilines is 1. The van der Waals surface area contributed by atoms with Crippen molar-refractivity contribution >= 4 is 11.7 Å². The number of nitrogens with zero attached hydrogens (tertiary/aromatic N) is 1. The van der Waals surface area contributed by atoms with E-state index in [1.807, 2.05) is 39.8 Å². The molecule has 0 aliphatic carbocycles. The molecule has 0 bridgehead atoms. The van der Waals surface area contributed by atoms with E-state index in [1.54, 1.807) is 36.7 Å². The largest absolute Gasteiger partial charge is 0.525 e. The predicted octanol–water partition coefficient (Wildman–Crippen LogP) is 5.11. The number of hydrogen-bond acceptors (Lipinski definition) is 3. The van der Waals surface area contributed by atoms with Gasteiger partial charge in [0.05, 0.1) is 0 Å². The van der Waals surface area contributed by atoms with Crippen molar-refractivity contribution in [3.05, 3.63) is 68.7 Å². The monoisotopic (exact) mass is 612 g/mol. The molecule has 1 aromatic heterocycles. The number of amides is 2. The summed E-state index contributed by atoms with van der Waals surface area (Å²) in [5, 5.41) is 5.50. The molecule has 28 heavy (non-hydrogen) atoms. The first-order valence-corrected chi connectivity index (χ1v) is 8.24. The number of rotatable bonds is 5. The second kappa shape index (κ2) is 27.8. The van der Waals surface area contributed by atoms with Gasteiger partial charge in [0.1, 0.15) is 5.75 Å². The molecule has 2 aromatic rings. The van der Waals surface area contributed by atoms with Crippen molar-refractivity contribution in [3.8, 4) is 5.75 Å². The summed E-state index contributed by atoms with van der Waals surface area (Å²) >= 11 is 0. The van der Waals surface area contributed by atoms with Gasteiger partial charge in [-0.3, -0.25) is 4.98 Å². The molecule has 0 aliphatic heterocycles. The number of carbonyl (C=O) groups excluding carboxylic acids is 1. The summed E-state index contributed by atoms with van der Waals surface area (Å²) in [7, 11) is 0. The fraction of sp³-hybridized carbons (Fsp3) is 0.300. The van der Waals surface area contributed by atoms with Crippen LogP contribution in [0.1, 0.15) is 33.3 Å². The first kappa shape index (κ1) is 39.3. The van der Waals surface area contributed by atoms with Gasteiger partial charge in [-0.05, 0) is 42.5 Å². The van der Waals surface area contributed by atoms with Crippen LogP contribution in [0.4, 0.5) is 10.5 Å². The van der Waals surface area contributed by atoms with Crippen LogP contribution >= 0.6 is 0 Å². The van der Waals surface area contributed by atoms with Crippen LogP contribution in [0.2, 0.25) is 0 Å². The van der Waals surface area contributed by atoms with E-state index in [4.69, 9.17) is 4.74 Å². The molecule has 0 atom stereocenters. The Kier molecular flexibility index (Phi) is 38.9. The molecule has 0 saturated heterocycles. The third-order valence-electron chi connectivity index (χ3n) is 2.56. The Morgan fingerprint density at radius 2 is 1.61 bits per heavy atom. The number of aromatic nitrogens is 1. The molecule has 8 heteroatoms. The molecule has 1 heterocycles. The van der Waals surface area contributed by atoms with Crippen LogP contribution in [0.25, 0.3) is 0 Å². The van der Waals surface area contributed by atoms with Crippen LogP contribution in [0.5, 0.6) is 5.75 Å². The maximum absolute atomic E-state index is 11.7. The zero-order valence-electron chi connectivity index (χ0n) is 17.7. The molecule has 0 spiro atoms. The van der Waals surface area contributed by atoms with Gasteiger partial charge in [0, 0.05) is 123 Å². The first-order valence-electron chi connectivity index (χ1n) is 8.24. The van der Waals surface area contributed by atoms with Crippen LogP contribution in [0, 0.1) is 14.4 Å². The van der Waals surface area contributed by atoms with Gasteiger partial charge < -0.3 is 29.7 Å². The van der Waals surface area contributed by atoms with E-state index >= 15 is 0 Å². The van der Waals surface area contributed by atoms with Crippen LogP contribution in [0.15, 0.2) is 48.8 Å². The summed E-state index contributed by atoms with van der Waals surface area (Å²) in [6.07, 6.45) is 3.41. The van der Waals surface area contributed by atoms with Gasteiger partial charge in [-0.15, -0.1) is 0 Å². The van der Waals surface area contributed by atoms with Gasteiger partial charge in [0.25, 0.3) is 0 Å². The number of ether oxygens (including phenoxy) is 1. The zero-order valence-corrected chi connectivity index (χ0v) is 26.3. The van der Waals surface area contributed by atoms with E-state index in [0.29, 0.717) is 18.8 Å². The van der Waals surface area contributed by atoms with Crippen LogP contribution in [0.3, 0.4) is 0 Å². The number of benzene rings is 1. The standard InChI is InChI=1S/C15H16N3O2.2C2H6.CH3.3Y/c1-2-20-14-7-5-13(6-8-14)18-15(19)17-11-12-4-3-9-16-10-12;2*1-2;;;;/h3-10H,1-2,11H2,(H2,17,18,19);2*1-2H3;1H3;;;/q-1;;;-1;;;. The minimum Gasteiger partial charge on any atom is -0.525 e. The third kappa shape index (κ3) is 18.8. The molecule has 0 unspecified atom stereocenters. The van der Waals surface area contributed by atoms with E-state index in [1.165, 1.54) is 0 Å². The summed E-state index contributed by atoms with van der Waals surface area (Å²) < 4.78 is 5.22. The molecule has 0 aliphatic rings. The molecule has 1 aromatic carbocycles. The summed E-state index contributed by atoms with van der Waals surface area (Å²) in [4.78, 5) is 15.7. The Morgan fingerprint density at radius 3 is 2.07 bits per heavy atom. The summed E-state index contributed by atoms with van der Waals surface area (Å²) in [6.45, 7) is 12.4. The molecule has 0 saturated carbocycles. The number of pyridine rings is 1. The molecule has 3 radical (unpaired) electrons. The zero-order chi connectivity index (χ0) is 18.2. The molecular weight excluding hydrogens is 581 g/mol. The van der Waals surface area contributed by atoms with Crippen molar-refractivity contribution in [2.24, 2.45) is 0 Å². The van der Waals surface area contributed by atoms with Gasteiger partial charge >= 0.3 is 6.03 Å². The number of nitrogens with one attached hydrogen (secondary N) is 2. The minimum absolute atomic E-state index is 0. The average Bonchev–Trinajstić information content (AvgIpc) is 2.66. The van der Waals surface area contributed by atoms with Gasteiger partial charge in [-0.25, -0.2) is 4.79 Å². The van der Waals surface area contributed by atoms with Gasteiger partial charge in [0.15, 0.2) is 0 Å². The SMILES string of the molecule is CC.CC.[CH2-]COc1ccc(NC(=O)NCc2cccnc2)cc1.[CH3-].[Y].[Y].[Y]. The van der Waals surface area contributed by atoms with Crippen molar-refractivity contribution in [1.82, 2.24) is 10.3 Å². The average molecular weight is 612 g/mol. The van der Waals surface area contributed by atoms with Crippen LogP contribution in [-0.2, 0) is 105 Å². The van der Waals surface area contributed by atoms with Crippen molar-refractivity contribution in [2.75, 3.05) is 11.9 Å². The quantitative estimate of drug-likeness (QED) is 0.462. The molecule has 2 N–H and O–H groups in total. The van der Waals surface area contributed by atoms with E-state index in [2.05, 4.69) is 22.5 Å². The summed E-state index contributed by atoms with van der Waals surface area (Å²) in [5.74, 6) is 0.723. The smallest absolute Gasteiger partial charge is 0.319 e. The fourth-order valence-corrected chi connectivity index (χ4v) is 1.61. The summed E-state index contributed by atoms with van der Waals surface area (Å²) in [5.41, 5.74) is 1.65. The van der Waals surface area contributed by atoms with Gasteiger partial charge in [-0.2, -0.15) is 0 Å². The molecule has 2 amide bonds. The predicted molar refractivity (Wildman–Crippen MR) is 106 cm³/mol. The molecule has 149 valence electrons. The topological polar surface area (TPSA) is 63.2 Å². The van der Waals surface area contributed by atoms with Gasteiger partial charge in [-0.1, -0.05) is 33.8 Å². The normalized spacial score (nSPS) is 7.46. The van der Waals surface area contributed by atoms with E-state index in [9.17, 15) is 4.79 Å². The molecular formula is C20H31N3O2Y3-2. The molecule has 2 rings (SSSR count). The first-order chi connectivity index (χ1) is 11.8. The van der Waals surface area contributed by atoms with Gasteiger partial charge in [0.2, 0.25) is 0 Å². The van der Waals surface area contributed by atoms with Crippen molar-refractivity contribution in [3.63, 3.8) is 0 Å². The Hall–Kier alpha value is 0.752. The van der Waals surface area contributed by atoms with E-state index < -0.39 is 0 Å². The second-order valence-corrected chi connectivity index (χ2v) is 4.04. The van der Waals surface area contributed by atoms with Crippen LogP contribution < -0.4 is 15.4 Å². The molecule has 0 fully saturated rings. The Morgan fingerprint density at radius 1 is 1.04 bits per heavy atom.